The molecule has 0 saturated carbocycles. The summed E-state index contributed by atoms with van der Waals surface area (Å²) in [6, 6.07) is 0. The molecule has 0 aliphatic heterocycles. The normalized spacial score (nSPS) is 13.9. The van der Waals surface area contributed by atoms with Crippen LogP contribution < -0.4 is 4.72 Å². The van der Waals surface area contributed by atoms with E-state index in [1.54, 1.807) is 0 Å². The molecule has 2 N–H and O–H groups in total. The number of halogens is 1. The maximum absolute atomic E-state index is 11.9. The minimum Gasteiger partial charge on any atom is -0.392 e. The summed E-state index contributed by atoms with van der Waals surface area (Å²) in [6.07, 6.45) is 1.90. The SMILES string of the molecule is CCCC(O)CNS(=O)(=O)c1c(Cl)cnn1C. The zero-order valence-corrected chi connectivity index (χ0v) is 11.3. The van der Waals surface area contributed by atoms with Crippen molar-refractivity contribution in [3.63, 3.8) is 0 Å². The van der Waals surface area contributed by atoms with E-state index in [2.05, 4.69) is 9.82 Å². The van der Waals surface area contributed by atoms with Gasteiger partial charge in [-0.25, -0.2) is 13.1 Å². The van der Waals surface area contributed by atoms with Gasteiger partial charge in [-0.05, 0) is 6.42 Å². The number of hydrogen-bond donors (Lipinski definition) is 2. The number of aryl methyl sites for hydroxylation is 1. The molecule has 98 valence electrons. The first-order valence-corrected chi connectivity index (χ1v) is 7.09. The van der Waals surface area contributed by atoms with Gasteiger partial charge in [-0.2, -0.15) is 5.10 Å². The number of nitrogens with zero attached hydrogens (tertiary/aromatic N) is 2. The third-order valence-corrected chi connectivity index (χ3v) is 4.16. The molecule has 6 nitrogen and oxygen atoms in total. The third kappa shape index (κ3) is 3.67. The Morgan fingerprint density at radius 1 is 1.65 bits per heavy atom. The van der Waals surface area contributed by atoms with Crippen LogP contribution >= 0.6 is 11.6 Å². The number of nitrogens with one attached hydrogen (secondary N) is 1. The Morgan fingerprint density at radius 3 is 2.76 bits per heavy atom. The molecule has 1 aromatic rings. The monoisotopic (exact) mass is 281 g/mol. The topological polar surface area (TPSA) is 84.2 Å². The molecule has 0 saturated heterocycles. The molecule has 0 bridgehead atoms. The van der Waals surface area contributed by atoms with Crippen LogP contribution in [0.2, 0.25) is 5.02 Å². The van der Waals surface area contributed by atoms with E-state index in [-0.39, 0.29) is 16.6 Å². The molecule has 17 heavy (non-hydrogen) atoms. The van der Waals surface area contributed by atoms with Gasteiger partial charge in [0.1, 0.15) is 0 Å². The lowest BCUT2D eigenvalue weighted by Crippen LogP contribution is -2.33. The lowest BCUT2D eigenvalue weighted by Gasteiger charge is -2.11. The summed E-state index contributed by atoms with van der Waals surface area (Å²) >= 11 is 5.74. The average Bonchev–Trinajstić information content (AvgIpc) is 2.57. The zero-order valence-electron chi connectivity index (χ0n) is 9.72. The van der Waals surface area contributed by atoms with Gasteiger partial charge >= 0.3 is 0 Å². The highest BCUT2D eigenvalue weighted by Gasteiger charge is 2.23. The van der Waals surface area contributed by atoms with Crippen LogP contribution in [0.1, 0.15) is 19.8 Å². The molecule has 1 atom stereocenters. The summed E-state index contributed by atoms with van der Waals surface area (Å²) in [4.78, 5) is 0. The second-order valence-electron chi connectivity index (χ2n) is 3.72. The van der Waals surface area contributed by atoms with Crippen molar-refractivity contribution in [1.29, 1.82) is 0 Å². The van der Waals surface area contributed by atoms with Gasteiger partial charge in [0.05, 0.1) is 17.3 Å². The first-order chi connectivity index (χ1) is 7.88. The van der Waals surface area contributed by atoms with Crippen molar-refractivity contribution in [2.45, 2.75) is 30.9 Å². The van der Waals surface area contributed by atoms with Gasteiger partial charge in [-0.1, -0.05) is 24.9 Å². The molecule has 0 aromatic carbocycles. The molecular weight excluding hydrogens is 266 g/mol. The summed E-state index contributed by atoms with van der Waals surface area (Å²) < 4.78 is 27.2. The highest BCUT2D eigenvalue weighted by Crippen LogP contribution is 2.19. The molecular formula is C9H16ClN3O3S. The number of aromatic nitrogens is 2. The van der Waals surface area contributed by atoms with Gasteiger partial charge in [0.15, 0.2) is 5.03 Å². The predicted octanol–water partition coefficient (Wildman–Crippen LogP) is 0.513. The van der Waals surface area contributed by atoms with Gasteiger partial charge in [-0.3, -0.25) is 4.68 Å². The molecule has 0 amide bonds. The minimum absolute atomic E-state index is 0.0301. The lowest BCUT2D eigenvalue weighted by molar-refractivity contribution is 0.167. The van der Waals surface area contributed by atoms with E-state index in [4.69, 9.17) is 11.6 Å². The Morgan fingerprint density at radius 2 is 2.29 bits per heavy atom. The van der Waals surface area contributed by atoms with Gasteiger partial charge in [0, 0.05) is 13.6 Å². The Hall–Kier alpha value is -0.630. The van der Waals surface area contributed by atoms with Crippen LogP contribution in [-0.2, 0) is 17.1 Å². The molecule has 1 heterocycles. The van der Waals surface area contributed by atoms with Crippen molar-refractivity contribution in [2.24, 2.45) is 7.05 Å². The van der Waals surface area contributed by atoms with Gasteiger partial charge in [0.2, 0.25) is 0 Å². The van der Waals surface area contributed by atoms with Crippen molar-refractivity contribution >= 4 is 21.6 Å². The van der Waals surface area contributed by atoms with E-state index >= 15 is 0 Å². The Bertz CT molecular complexity index is 452. The van der Waals surface area contributed by atoms with E-state index in [9.17, 15) is 13.5 Å². The molecule has 0 aliphatic rings. The zero-order chi connectivity index (χ0) is 13.1. The molecule has 0 aliphatic carbocycles. The molecule has 0 fully saturated rings. The van der Waals surface area contributed by atoms with Crippen molar-refractivity contribution in [1.82, 2.24) is 14.5 Å². The summed E-state index contributed by atoms with van der Waals surface area (Å²) in [5, 5.41) is 13.2. The highest BCUT2D eigenvalue weighted by atomic mass is 35.5. The molecule has 1 rings (SSSR count). The van der Waals surface area contributed by atoms with Crippen molar-refractivity contribution in [3.05, 3.63) is 11.2 Å². The van der Waals surface area contributed by atoms with Crippen LogP contribution in [0.15, 0.2) is 11.2 Å². The summed E-state index contributed by atoms with van der Waals surface area (Å²) in [6.45, 7) is 1.88. The van der Waals surface area contributed by atoms with Crippen LogP contribution in [0.5, 0.6) is 0 Å². The predicted molar refractivity (Wildman–Crippen MR) is 64.3 cm³/mol. The number of sulfonamides is 1. The smallest absolute Gasteiger partial charge is 0.259 e. The van der Waals surface area contributed by atoms with E-state index in [1.165, 1.54) is 17.9 Å². The van der Waals surface area contributed by atoms with Crippen LogP contribution in [0.25, 0.3) is 0 Å². The fraction of sp³-hybridized carbons (Fsp3) is 0.667. The van der Waals surface area contributed by atoms with E-state index < -0.39 is 16.1 Å². The number of aliphatic hydroxyl groups is 1. The Balaban J connectivity index is 2.76. The minimum atomic E-state index is -3.73. The van der Waals surface area contributed by atoms with Crippen molar-refractivity contribution in [3.8, 4) is 0 Å². The van der Waals surface area contributed by atoms with Gasteiger partial charge in [0.25, 0.3) is 10.0 Å². The molecule has 0 spiro atoms. The number of aliphatic hydroxyl groups excluding tert-OH is 1. The van der Waals surface area contributed by atoms with E-state index in [0.717, 1.165) is 6.42 Å². The van der Waals surface area contributed by atoms with E-state index in [0.29, 0.717) is 6.42 Å². The van der Waals surface area contributed by atoms with Crippen molar-refractivity contribution in [2.75, 3.05) is 6.54 Å². The highest BCUT2D eigenvalue weighted by molar-refractivity contribution is 7.89. The average molecular weight is 282 g/mol. The summed E-state index contributed by atoms with van der Waals surface area (Å²) in [5.74, 6) is 0. The second kappa shape index (κ2) is 5.81. The summed E-state index contributed by atoms with van der Waals surface area (Å²) in [7, 11) is -2.24. The van der Waals surface area contributed by atoms with Crippen LogP contribution in [0.3, 0.4) is 0 Å². The third-order valence-electron chi connectivity index (χ3n) is 2.23. The number of rotatable bonds is 6. The molecule has 1 unspecified atom stereocenters. The van der Waals surface area contributed by atoms with E-state index in [1.807, 2.05) is 6.92 Å². The molecule has 8 heteroatoms. The van der Waals surface area contributed by atoms with Gasteiger partial charge in [-0.15, -0.1) is 0 Å². The van der Waals surface area contributed by atoms with Crippen LogP contribution in [0.4, 0.5) is 0 Å². The second-order valence-corrected chi connectivity index (χ2v) is 5.81. The standard InChI is InChI=1S/C9H16ClN3O3S/c1-3-4-7(14)5-12-17(15,16)9-8(10)6-11-13(9)2/h6-7,12,14H,3-5H2,1-2H3. The maximum atomic E-state index is 11.9. The number of hydrogen-bond acceptors (Lipinski definition) is 4. The summed E-state index contributed by atoms with van der Waals surface area (Å²) in [5.41, 5.74) is 0. The van der Waals surface area contributed by atoms with Crippen LogP contribution in [0, 0.1) is 0 Å². The Kier molecular flexibility index (Phi) is 4.93. The fourth-order valence-electron chi connectivity index (χ4n) is 1.41. The molecule has 1 aromatic heterocycles. The fourth-order valence-corrected chi connectivity index (χ4v) is 3.13. The first kappa shape index (κ1) is 14.4. The molecule has 0 radical (unpaired) electrons. The quantitative estimate of drug-likeness (QED) is 0.796. The van der Waals surface area contributed by atoms with Crippen molar-refractivity contribution < 1.29 is 13.5 Å². The lowest BCUT2D eigenvalue weighted by atomic mass is 10.2. The largest absolute Gasteiger partial charge is 0.392 e. The maximum Gasteiger partial charge on any atom is 0.259 e. The first-order valence-electron chi connectivity index (χ1n) is 5.23. The van der Waals surface area contributed by atoms with Crippen LogP contribution in [-0.4, -0.2) is 36.0 Å². The Labute approximate surface area is 106 Å². The van der Waals surface area contributed by atoms with Gasteiger partial charge < -0.3 is 5.11 Å².